The van der Waals surface area contributed by atoms with E-state index in [9.17, 15) is 13.2 Å². The Balaban J connectivity index is 0.00000200. The van der Waals surface area contributed by atoms with Crippen molar-refractivity contribution in [3.8, 4) is 5.75 Å². The first kappa shape index (κ1) is 17.1. The summed E-state index contributed by atoms with van der Waals surface area (Å²) in [4.78, 5) is 0. The third-order valence-electron chi connectivity index (χ3n) is 3.75. The van der Waals surface area contributed by atoms with Crippen molar-refractivity contribution in [2.75, 3.05) is 20.2 Å². The van der Waals surface area contributed by atoms with E-state index in [-0.39, 0.29) is 30.0 Å². The minimum absolute atomic E-state index is 0. The number of benzene rings is 1. The summed E-state index contributed by atoms with van der Waals surface area (Å²) in [5.41, 5.74) is -0.173. The number of nitrogens with one attached hydrogen (secondary N) is 1. The summed E-state index contributed by atoms with van der Waals surface area (Å²) < 4.78 is 44.4. The quantitative estimate of drug-likeness (QED) is 0.896. The fourth-order valence-corrected chi connectivity index (χ4v) is 2.71. The Morgan fingerprint density at radius 1 is 1.30 bits per heavy atom. The molecule has 2 nitrogen and oxygen atoms in total. The van der Waals surface area contributed by atoms with Gasteiger partial charge in [0.1, 0.15) is 5.75 Å². The van der Waals surface area contributed by atoms with Crippen LogP contribution in [-0.2, 0) is 6.18 Å². The van der Waals surface area contributed by atoms with Gasteiger partial charge < -0.3 is 10.1 Å². The zero-order valence-electron chi connectivity index (χ0n) is 11.5. The van der Waals surface area contributed by atoms with Gasteiger partial charge in [0.25, 0.3) is 0 Å². The monoisotopic (exact) mass is 309 g/mol. The number of rotatable bonds is 2. The smallest absolute Gasteiger partial charge is 0.416 e. The van der Waals surface area contributed by atoms with Crippen molar-refractivity contribution in [1.82, 2.24) is 5.32 Å². The van der Waals surface area contributed by atoms with Gasteiger partial charge in [-0.1, -0.05) is 13.0 Å². The third kappa shape index (κ3) is 3.58. The zero-order valence-corrected chi connectivity index (χ0v) is 12.3. The summed E-state index contributed by atoms with van der Waals surface area (Å²) >= 11 is 0. The molecule has 1 N–H and O–H groups in total. The van der Waals surface area contributed by atoms with Gasteiger partial charge in [-0.25, -0.2) is 0 Å². The van der Waals surface area contributed by atoms with Crippen LogP contribution in [0.3, 0.4) is 0 Å². The maximum atomic E-state index is 13.2. The molecule has 0 bridgehead atoms. The molecule has 20 heavy (non-hydrogen) atoms. The SMILES string of the molecule is COc1ccc([C@H]2CCNC[C@H]2C)c(C(F)(F)F)c1.Cl. The molecule has 0 aromatic heterocycles. The Bertz CT molecular complexity index is 451. The number of piperidine rings is 1. The number of hydrogen-bond donors (Lipinski definition) is 1. The lowest BCUT2D eigenvalue weighted by Crippen LogP contribution is -2.34. The number of ether oxygens (including phenoxy) is 1. The van der Waals surface area contributed by atoms with Crippen molar-refractivity contribution in [3.63, 3.8) is 0 Å². The maximum absolute atomic E-state index is 13.2. The minimum atomic E-state index is -4.34. The third-order valence-corrected chi connectivity index (χ3v) is 3.75. The maximum Gasteiger partial charge on any atom is 0.416 e. The highest BCUT2D eigenvalue weighted by atomic mass is 35.5. The van der Waals surface area contributed by atoms with Crippen LogP contribution in [0, 0.1) is 5.92 Å². The van der Waals surface area contributed by atoms with E-state index in [1.807, 2.05) is 6.92 Å². The zero-order chi connectivity index (χ0) is 14.0. The van der Waals surface area contributed by atoms with Crippen molar-refractivity contribution in [2.45, 2.75) is 25.4 Å². The Labute approximate surface area is 123 Å². The highest BCUT2D eigenvalue weighted by Crippen LogP contribution is 2.41. The molecule has 2 atom stereocenters. The van der Waals surface area contributed by atoms with Crippen LogP contribution in [0.4, 0.5) is 13.2 Å². The highest BCUT2D eigenvalue weighted by molar-refractivity contribution is 5.85. The van der Waals surface area contributed by atoms with Gasteiger partial charge in [0.2, 0.25) is 0 Å². The van der Waals surface area contributed by atoms with E-state index in [0.29, 0.717) is 5.56 Å². The van der Waals surface area contributed by atoms with E-state index in [1.165, 1.54) is 7.11 Å². The van der Waals surface area contributed by atoms with Crippen LogP contribution in [-0.4, -0.2) is 20.2 Å². The van der Waals surface area contributed by atoms with Crippen LogP contribution in [0.5, 0.6) is 5.75 Å². The molecule has 0 radical (unpaired) electrons. The Hall–Kier alpha value is -0.940. The van der Waals surface area contributed by atoms with Crippen molar-refractivity contribution in [1.29, 1.82) is 0 Å². The summed E-state index contributed by atoms with van der Waals surface area (Å²) in [5, 5.41) is 3.21. The van der Waals surface area contributed by atoms with Gasteiger partial charge in [0.05, 0.1) is 12.7 Å². The molecule has 0 unspecified atom stereocenters. The number of hydrogen-bond acceptors (Lipinski definition) is 2. The number of halogens is 4. The summed E-state index contributed by atoms with van der Waals surface area (Å²) in [5.74, 6) is 0.393. The van der Waals surface area contributed by atoms with Crippen molar-refractivity contribution < 1.29 is 17.9 Å². The second-order valence-corrected chi connectivity index (χ2v) is 5.03. The van der Waals surface area contributed by atoms with Crippen molar-refractivity contribution >= 4 is 12.4 Å². The van der Waals surface area contributed by atoms with Crippen molar-refractivity contribution in [2.24, 2.45) is 5.92 Å². The Morgan fingerprint density at radius 3 is 2.55 bits per heavy atom. The Morgan fingerprint density at radius 2 is 2.00 bits per heavy atom. The Kier molecular flexibility index (Phi) is 5.71. The van der Waals surface area contributed by atoms with E-state index in [4.69, 9.17) is 4.74 Å². The van der Waals surface area contributed by atoms with E-state index >= 15 is 0 Å². The fourth-order valence-electron chi connectivity index (χ4n) is 2.71. The molecule has 2 rings (SSSR count). The minimum Gasteiger partial charge on any atom is -0.497 e. The predicted molar refractivity (Wildman–Crippen MR) is 74.6 cm³/mol. The van der Waals surface area contributed by atoms with E-state index < -0.39 is 11.7 Å². The van der Waals surface area contributed by atoms with E-state index in [1.54, 1.807) is 12.1 Å². The van der Waals surface area contributed by atoms with Crippen LogP contribution < -0.4 is 10.1 Å². The van der Waals surface area contributed by atoms with Gasteiger partial charge in [0, 0.05) is 0 Å². The topological polar surface area (TPSA) is 21.3 Å². The lowest BCUT2D eigenvalue weighted by atomic mass is 9.80. The molecule has 6 heteroatoms. The van der Waals surface area contributed by atoms with Gasteiger partial charge in [-0.2, -0.15) is 13.2 Å². The second kappa shape index (κ2) is 6.68. The molecular weight excluding hydrogens is 291 g/mol. The molecule has 1 aromatic rings. The van der Waals surface area contributed by atoms with Crippen LogP contribution >= 0.6 is 12.4 Å². The first-order valence-corrected chi connectivity index (χ1v) is 6.39. The van der Waals surface area contributed by atoms with Crippen molar-refractivity contribution in [3.05, 3.63) is 29.3 Å². The summed E-state index contributed by atoms with van der Waals surface area (Å²) in [7, 11) is 1.38. The number of methoxy groups -OCH3 is 1. The predicted octanol–water partition coefficient (Wildman–Crippen LogP) is 3.85. The van der Waals surface area contributed by atoms with Crippen LogP contribution in [0.2, 0.25) is 0 Å². The van der Waals surface area contributed by atoms with Crippen LogP contribution in [0.15, 0.2) is 18.2 Å². The summed E-state index contributed by atoms with van der Waals surface area (Å²) in [6.45, 7) is 3.51. The molecule has 0 saturated carbocycles. The second-order valence-electron chi connectivity index (χ2n) is 5.03. The van der Waals surface area contributed by atoms with Gasteiger partial charge in [-0.3, -0.25) is 0 Å². The molecular formula is C14H19ClF3NO. The van der Waals surface area contributed by atoms with Crippen LogP contribution in [0.25, 0.3) is 0 Å². The van der Waals surface area contributed by atoms with Gasteiger partial charge in [0.15, 0.2) is 0 Å². The summed E-state index contributed by atoms with van der Waals surface area (Å²) in [6.07, 6.45) is -3.61. The van der Waals surface area contributed by atoms with Gasteiger partial charge >= 0.3 is 6.18 Å². The molecule has 1 saturated heterocycles. The molecule has 114 valence electrons. The first-order chi connectivity index (χ1) is 8.93. The molecule has 0 spiro atoms. The van der Waals surface area contributed by atoms with Crippen LogP contribution in [0.1, 0.15) is 30.4 Å². The fraction of sp³-hybridized carbons (Fsp3) is 0.571. The largest absolute Gasteiger partial charge is 0.497 e. The number of alkyl halides is 3. The molecule has 1 heterocycles. The lowest BCUT2D eigenvalue weighted by molar-refractivity contribution is -0.138. The highest BCUT2D eigenvalue weighted by Gasteiger charge is 2.37. The van der Waals surface area contributed by atoms with Gasteiger partial charge in [-0.05, 0) is 49.0 Å². The average Bonchev–Trinajstić information content (AvgIpc) is 2.38. The average molecular weight is 310 g/mol. The molecule has 1 aromatic carbocycles. The molecule has 1 aliphatic rings. The van der Waals surface area contributed by atoms with Gasteiger partial charge in [-0.15, -0.1) is 12.4 Å². The van der Waals surface area contributed by atoms with E-state index in [0.717, 1.165) is 25.6 Å². The summed E-state index contributed by atoms with van der Waals surface area (Å²) in [6, 6.07) is 4.28. The van der Waals surface area contributed by atoms with E-state index in [2.05, 4.69) is 5.32 Å². The lowest BCUT2D eigenvalue weighted by Gasteiger charge is -2.31. The standard InChI is InChI=1S/C14H18F3NO.ClH/c1-9-8-18-6-5-11(9)12-4-3-10(19-2)7-13(12)14(15,16)17;/h3-4,7,9,11,18H,5-6,8H2,1-2H3;1H/t9-,11+;/m1./s1. The normalized spacial score (nSPS) is 23.1. The molecule has 1 fully saturated rings. The molecule has 0 aliphatic carbocycles. The first-order valence-electron chi connectivity index (χ1n) is 6.39. The molecule has 0 amide bonds. The molecule has 1 aliphatic heterocycles.